The molecule has 1 aliphatic rings. The lowest BCUT2D eigenvalue weighted by atomic mass is 10.1. The van der Waals surface area contributed by atoms with Crippen molar-refractivity contribution < 1.29 is 14.2 Å². The number of methoxy groups -OCH3 is 1. The summed E-state index contributed by atoms with van der Waals surface area (Å²) in [6.07, 6.45) is 3.59. The normalized spacial score (nSPS) is 12.5. The second-order valence-electron chi connectivity index (χ2n) is 6.12. The lowest BCUT2D eigenvalue weighted by Gasteiger charge is -2.05. The maximum atomic E-state index is 5.64. The lowest BCUT2D eigenvalue weighted by molar-refractivity contribution is 0.174. The van der Waals surface area contributed by atoms with Crippen LogP contribution >= 0.6 is 11.8 Å². The molecule has 0 atom stereocenters. The summed E-state index contributed by atoms with van der Waals surface area (Å²) < 4.78 is 18.2. The standard InChI is InChI=1S/C20H16N4O3S/c1-25-20-19(14-2-3-15-16(10-14)27-12-26-15)22-17-4-5-18(23-24(17)20)28-11-13-6-8-21-9-7-13/h2-10H,11-12H2,1H3. The van der Waals surface area contributed by atoms with Crippen LogP contribution in [0.3, 0.4) is 0 Å². The smallest absolute Gasteiger partial charge is 0.243 e. The zero-order valence-corrected chi connectivity index (χ0v) is 15.8. The van der Waals surface area contributed by atoms with E-state index < -0.39 is 0 Å². The molecule has 0 fully saturated rings. The van der Waals surface area contributed by atoms with E-state index in [1.165, 1.54) is 5.56 Å². The van der Waals surface area contributed by atoms with Crippen molar-refractivity contribution in [1.82, 2.24) is 19.6 Å². The molecule has 0 amide bonds. The van der Waals surface area contributed by atoms with Gasteiger partial charge in [0.05, 0.1) is 7.11 Å². The largest absolute Gasteiger partial charge is 0.479 e. The molecule has 8 heteroatoms. The molecule has 140 valence electrons. The fraction of sp³-hybridized carbons (Fsp3) is 0.150. The minimum atomic E-state index is 0.237. The van der Waals surface area contributed by atoms with Gasteiger partial charge in [-0.15, -0.1) is 0 Å². The number of pyridine rings is 1. The zero-order chi connectivity index (χ0) is 18.9. The summed E-state index contributed by atoms with van der Waals surface area (Å²) in [6, 6.07) is 13.6. The number of hydrogen-bond donors (Lipinski definition) is 0. The quantitative estimate of drug-likeness (QED) is 0.478. The first-order chi connectivity index (χ1) is 13.8. The van der Waals surface area contributed by atoms with Crippen LogP contribution in [-0.4, -0.2) is 33.5 Å². The molecule has 0 N–H and O–H groups in total. The minimum Gasteiger partial charge on any atom is -0.479 e. The number of thioether (sulfide) groups is 1. The molecule has 0 spiro atoms. The van der Waals surface area contributed by atoms with Crippen LogP contribution in [0.1, 0.15) is 5.56 Å². The first kappa shape index (κ1) is 16.9. The average molecular weight is 392 g/mol. The van der Waals surface area contributed by atoms with Gasteiger partial charge in [0.15, 0.2) is 17.1 Å². The number of fused-ring (bicyclic) bond motifs is 2. The molecule has 3 aromatic heterocycles. The van der Waals surface area contributed by atoms with E-state index in [1.54, 1.807) is 35.8 Å². The third-order valence-corrected chi connectivity index (χ3v) is 5.38. The Morgan fingerprint density at radius 3 is 2.79 bits per heavy atom. The Balaban J connectivity index is 1.49. The van der Waals surface area contributed by atoms with E-state index in [1.807, 2.05) is 42.5 Å². The van der Waals surface area contributed by atoms with E-state index in [0.29, 0.717) is 17.3 Å². The van der Waals surface area contributed by atoms with Crippen molar-refractivity contribution in [2.75, 3.05) is 13.9 Å². The second-order valence-corrected chi connectivity index (χ2v) is 7.12. The van der Waals surface area contributed by atoms with Crippen LogP contribution in [0.25, 0.3) is 16.9 Å². The monoisotopic (exact) mass is 392 g/mol. The summed E-state index contributed by atoms with van der Waals surface area (Å²) in [6.45, 7) is 0.237. The maximum Gasteiger partial charge on any atom is 0.243 e. The van der Waals surface area contributed by atoms with Crippen molar-refractivity contribution in [3.8, 4) is 28.6 Å². The summed E-state index contributed by atoms with van der Waals surface area (Å²) in [4.78, 5) is 8.75. The van der Waals surface area contributed by atoms with Crippen molar-refractivity contribution >= 4 is 17.4 Å². The van der Waals surface area contributed by atoms with Crippen LogP contribution in [0.2, 0.25) is 0 Å². The number of rotatable bonds is 5. The number of nitrogens with zero attached hydrogens (tertiary/aromatic N) is 4. The van der Waals surface area contributed by atoms with E-state index in [9.17, 15) is 0 Å². The predicted molar refractivity (Wildman–Crippen MR) is 105 cm³/mol. The summed E-state index contributed by atoms with van der Waals surface area (Å²) in [5.41, 5.74) is 3.51. The fourth-order valence-corrected chi connectivity index (χ4v) is 3.84. The lowest BCUT2D eigenvalue weighted by Crippen LogP contribution is -1.97. The first-order valence-corrected chi connectivity index (χ1v) is 9.66. The van der Waals surface area contributed by atoms with Crippen LogP contribution in [0, 0.1) is 0 Å². The SMILES string of the molecule is COc1c(-c2ccc3c(c2)OCO3)nc2ccc(SCc3ccncc3)nn12. The molecule has 7 nitrogen and oxygen atoms in total. The molecule has 0 unspecified atom stereocenters. The molecule has 1 aliphatic heterocycles. The molecule has 4 heterocycles. The van der Waals surface area contributed by atoms with Gasteiger partial charge in [0.25, 0.3) is 0 Å². The minimum absolute atomic E-state index is 0.237. The van der Waals surface area contributed by atoms with E-state index in [-0.39, 0.29) is 6.79 Å². The highest BCUT2D eigenvalue weighted by molar-refractivity contribution is 7.98. The highest BCUT2D eigenvalue weighted by Crippen LogP contribution is 2.38. The molecular formula is C20H16N4O3S. The van der Waals surface area contributed by atoms with Crippen LogP contribution < -0.4 is 14.2 Å². The molecule has 28 heavy (non-hydrogen) atoms. The molecule has 5 rings (SSSR count). The van der Waals surface area contributed by atoms with Gasteiger partial charge in [0, 0.05) is 23.7 Å². The molecular weight excluding hydrogens is 376 g/mol. The maximum absolute atomic E-state index is 5.64. The van der Waals surface area contributed by atoms with Crippen molar-refractivity contribution in [2.45, 2.75) is 10.8 Å². The number of imidazole rings is 1. The Bertz CT molecular complexity index is 1150. The van der Waals surface area contributed by atoms with Gasteiger partial charge >= 0.3 is 0 Å². The summed E-state index contributed by atoms with van der Waals surface area (Å²) in [5, 5.41) is 5.59. The predicted octanol–water partition coefficient (Wildman–Crippen LogP) is 3.82. The number of ether oxygens (including phenoxy) is 3. The van der Waals surface area contributed by atoms with Crippen LogP contribution in [0.15, 0.2) is 59.9 Å². The van der Waals surface area contributed by atoms with Gasteiger partial charge in [-0.05, 0) is 48.0 Å². The first-order valence-electron chi connectivity index (χ1n) is 8.67. The highest BCUT2D eigenvalue weighted by Gasteiger charge is 2.20. The van der Waals surface area contributed by atoms with Crippen LogP contribution in [0.5, 0.6) is 17.4 Å². The number of hydrogen-bond acceptors (Lipinski definition) is 7. The molecule has 0 bridgehead atoms. The van der Waals surface area contributed by atoms with Gasteiger partial charge < -0.3 is 14.2 Å². The Hall–Kier alpha value is -3.26. The molecule has 0 saturated heterocycles. The Morgan fingerprint density at radius 2 is 1.93 bits per heavy atom. The van der Waals surface area contributed by atoms with Crippen molar-refractivity contribution in [3.63, 3.8) is 0 Å². The third-order valence-electron chi connectivity index (χ3n) is 4.39. The highest BCUT2D eigenvalue weighted by atomic mass is 32.2. The van der Waals surface area contributed by atoms with E-state index in [2.05, 4.69) is 4.98 Å². The van der Waals surface area contributed by atoms with Gasteiger partial charge in [0.1, 0.15) is 10.7 Å². The van der Waals surface area contributed by atoms with Gasteiger partial charge in [-0.25, -0.2) is 4.98 Å². The van der Waals surface area contributed by atoms with Crippen molar-refractivity contribution in [2.24, 2.45) is 0 Å². The van der Waals surface area contributed by atoms with Gasteiger partial charge in [-0.1, -0.05) is 11.8 Å². The Morgan fingerprint density at radius 1 is 1.07 bits per heavy atom. The third kappa shape index (κ3) is 3.01. The van der Waals surface area contributed by atoms with Crippen LogP contribution in [0.4, 0.5) is 0 Å². The fourth-order valence-electron chi connectivity index (χ4n) is 3.02. The van der Waals surface area contributed by atoms with Gasteiger partial charge in [-0.3, -0.25) is 4.98 Å². The van der Waals surface area contributed by atoms with Crippen LogP contribution in [-0.2, 0) is 5.75 Å². The van der Waals surface area contributed by atoms with Gasteiger partial charge in [0.2, 0.25) is 12.7 Å². The van der Waals surface area contributed by atoms with E-state index in [4.69, 9.17) is 24.3 Å². The molecule has 4 aromatic rings. The molecule has 0 saturated carbocycles. The van der Waals surface area contributed by atoms with Crippen molar-refractivity contribution in [3.05, 3.63) is 60.4 Å². The van der Waals surface area contributed by atoms with E-state index >= 15 is 0 Å². The van der Waals surface area contributed by atoms with Gasteiger partial charge in [-0.2, -0.15) is 9.61 Å². The summed E-state index contributed by atoms with van der Waals surface area (Å²) in [5.74, 6) is 2.84. The Labute approximate surface area is 165 Å². The molecule has 1 aromatic carbocycles. The number of benzene rings is 1. The summed E-state index contributed by atoms with van der Waals surface area (Å²) >= 11 is 1.65. The second kappa shape index (κ2) is 7.05. The van der Waals surface area contributed by atoms with Crippen molar-refractivity contribution in [1.29, 1.82) is 0 Å². The molecule has 0 aliphatic carbocycles. The zero-order valence-electron chi connectivity index (χ0n) is 15.0. The summed E-state index contributed by atoms with van der Waals surface area (Å²) in [7, 11) is 1.62. The topological polar surface area (TPSA) is 70.8 Å². The Kier molecular flexibility index (Phi) is 4.25. The number of aromatic nitrogens is 4. The van der Waals surface area contributed by atoms with E-state index in [0.717, 1.165) is 27.7 Å². The average Bonchev–Trinajstić information content (AvgIpc) is 3.36. The molecule has 0 radical (unpaired) electrons.